The summed E-state index contributed by atoms with van der Waals surface area (Å²) < 4.78 is 0.328. The standard InChI is InChI=1S/C20H14N2O2S3/c23-18(11-14-7-3-6-13-5-1-2-9-16(13)14)21-22-19(24)17(27-20(22)25)12-15-8-4-10-26-15/h1-10,12H,11H2,(H,21,23)/b17-12-. The van der Waals surface area contributed by atoms with E-state index in [4.69, 9.17) is 12.2 Å². The molecule has 1 fully saturated rings. The fraction of sp³-hybridized carbons (Fsp3) is 0.0500. The molecule has 0 spiro atoms. The molecule has 2 aromatic carbocycles. The Balaban J connectivity index is 1.49. The summed E-state index contributed by atoms with van der Waals surface area (Å²) >= 11 is 8.00. The molecule has 0 bridgehead atoms. The van der Waals surface area contributed by atoms with Gasteiger partial charge in [0, 0.05) is 4.88 Å². The first-order valence-corrected chi connectivity index (χ1v) is 10.3. The summed E-state index contributed by atoms with van der Waals surface area (Å²) in [4.78, 5) is 26.6. The molecule has 134 valence electrons. The molecule has 7 heteroatoms. The van der Waals surface area contributed by atoms with Gasteiger partial charge in [0.15, 0.2) is 4.32 Å². The molecule has 1 aliphatic heterocycles. The van der Waals surface area contributed by atoms with Crippen LogP contribution in [0.4, 0.5) is 0 Å². The van der Waals surface area contributed by atoms with Crippen LogP contribution in [0.5, 0.6) is 0 Å². The normalized spacial score (nSPS) is 15.7. The van der Waals surface area contributed by atoms with E-state index in [0.29, 0.717) is 9.23 Å². The Morgan fingerprint density at radius 2 is 1.93 bits per heavy atom. The van der Waals surface area contributed by atoms with Gasteiger partial charge in [0.05, 0.1) is 11.3 Å². The Morgan fingerprint density at radius 3 is 2.74 bits per heavy atom. The van der Waals surface area contributed by atoms with Gasteiger partial charge >= 0.3 is 0 Å². The van der Waals surface area contributed by atoms with E-state index in [0.717, 1.165) is 26.2 Å². The van der Waals surface area contributed by atoms with Gasteiger partial charge in [-0.05, 0) is 46.1 Å². The lowest BCUT2D eigenvalue weighted by Crippen LogP contribution is -2.45. The Kier molecular flexibility index (Phi) is 5.07. The van der Waals surface area contributed by atoms with Crippen LogP contribution in [-0.2, 0) is 16.0 Å². The highest BCUT2D eigenvalue weighted by Crippen LogP contribution is 2.32. The molecule has 4 rings (SSSR count). The number of nitrogens with zero attached hydrogens (tertiary/aromatic N) is 1. The maximum Gasteiger partial charge on any atom is 0.285 e. The topological polar surface area (TPSA) is 49.4 Å². The summed E-state index contributed by atoms with van der Waals surface area (Å²) in [5.41, 5.74) is 3.55. The van der Waals surface area contributed by atoms with Crippen LogP contribution < -0.4 is 5.43 Å². The number of thiophene rings is 1. The van der Waals surface area contributed by atoms with E-state index in [9.17, 15) is 9.59 Å². The fourth-order valence-corrected chi connectivity index (χ4v) is 4.75. The highest BCUT2D eigenvalue weighted by molar-refractivity contribution is 8.26. The fourth-order valence-electron chi connectivity index (χ4n) is 2.85. The first-order valence-electron chi connectivity index (χ1n) is 8.19. The summed E-state index contributed by atoms with van der Waals surface area (Å²) in [7, 11) is 0. The number of hydrazine groups is 1. The SMILES string of the molecule is O=C(Cc1cccc2ccccc12)NN1C(=O)/C(=C/c2cccs2)SC1=S. The number of amides is 2. The summed E-state index contributed by atoms with van der Waals surface area (Å²) in [5.74, 6) is -0.579. The van der Waals surface area contributed by atoms with Crippen LogP contribution in [0.15, 0.2) is 64.9 Å². The molecule has 2 amide bonds. The Hall–Kier alpha value is -2.48. The minimum atomic E-state index is -0.301. The molecule has 1 aromatic heterocycles. The lowest BCUT2D eigenvalue weighted by atomic mass is 10.0. The lowest BCUT2D eigenvalue weighted by Gasteiger charge is -2.16. The average Bonchev–Trinajstić information content (AvgIpc) is 3.26. The minimum absolute atomic E-state index is 0.169. The van der Waals surface area contributed by atoms with E-state index >= 15 is 0 Å². The first kappa shape index (κ1) is 17.9. The van der Waals surface area contributed by atoms with Crippen molar-refractivity contribution >= 4 is 68.3 Å². The van der Waals surface area contributed by atoms with Gasteiger partial charge < -0.3 is 0 Å². The van der Waals surface area contributed by atoms with Crippen molar-refractivity contribution in [3.8, 4) is 0 Å². The lowest BCUT2D eigenvalue weighted by molar-refractivity contribution is -0.132. The van der Waals surface area contributed by atoms with Gasteiger partial charge in [-0.3, -0.25) is 15.0 Å². The molecule has 0 radical (unpaired) electrons. The quantitative estimate of drug-likeness (QED) is 0.512. The third-order valence-electron chi connectivity index (χ3n) is 4.08. The molecule has 0 aliphatic carbocycles. The predicted octanol–water partition coefficient (Wildman–Crippen LogP) is 4.38. The van der Waals surface area contributed by atoms with E-state index in [1.807, 2.05) is 60.0 Å². The number of carbonyl (C=O) groups is 2. The number of fused-ring (bicyclic) bond motifs is 1. The van der Waals surface area contributed by atoms with Crippen molar-refractivity contribution in [3.63, 3.8) is 0 Å². The highest BCUT2D eigenvalue weighted by atomic mass is 32.2. The maximum absolute atomic E-state index is 12.6. The third-order valence-corrected chi connectivity index (χ3v) is 6.20. The molecular formula is C20H14N2O2S3. The number of hydrogen-bond acceptors (Lipinski definition) is 5. The number of thioether (sulfide) groups is 1. The number of rotatable bonds is 4. The molecule has 1 N–H and O–H groups in total. The Labute approximate surface area is 169 Å². The van der Waals surface area contributed by atoms with Gasteiger partial charge in [-0.25, -0.2) is 0 Å². The van der Waals surface area contributed by atoms with Crippen molar-refractivity contribution in [2.24, 2.45) is 0 Å². The van der Waals surface area contributed by atoms with Gasteiger partial charge in [0.25, 0.3) is 5.91 Å². The molecule has 1 aliphatic rings. The largest absolute Gasteiger partial charge is 0.285 e. The second-order valence-corrected chi connectivity index (χ2v) is 8.54. The number of hydrogen-bond donors (Lipinski definition) is 1. The van der Waals surface area contributed by atoms with Crippen LogP contribution in [0.3, 0.4) is 0 Å². The van der Waals surface area contributed by atoms with Crippen LogP contribution in [-0.4, -0.2) is 21.1 Å². The van der Waals surface area contributed by atoms with Crippen molar-refractivity contribution in [2.75, 3.05) is 0 Å². The second-order valence-electron chi connectivity index (χ2n) is 5.88. The van der Waals surface area contributed by atoms with Crippen LogP contribution in [0.25, 0.3) is 16.8 Å². The first-order chi connectivity index (χ1) is 13.1. The Bertz CT molecular complexity index is 1070. The molecule has 0 atom stereocenters. The smallest absolute Gasteiger partial charge is 0.273 e. The van der Waals surface area contributed by atoms with E-state index in [1.165, 1.54) is 23.1 Å². The molecule has 3 aromatic rings. The minimum Gasteiger partial charge on any atom is -0.273 e. The molecule has 2 heterocycles. The van der Waals surface area contributed by atoms with Crippen molar-refractivity contribution in [3.05, 3.63) is 75.3 Å². The zero-order valence-corrected chi connectivity index (χ0v) is 16.5. The van der Waals surface area contributed by atoms with Gasteiger partial charge in [-0.15, -0.1) is 11.3 Å². The average molecular weight is 411 g/mol. The number of carbonyl (C=O) groups excluding carboxylic acids is 2. The number of nitrogens with one attached hydrogen (secondary N) is 1. The Morgan fingerprint density at radius 1 is 1.11 bits per heavy atom. The number of benzene rings is 2. The monoisotopic (exact) mass is 410 g/mol. The molecule has 0 unspecified atom stereocenters. The van der Waals surface area contributed by atoms with Crippen molar-refractivity contribution in [2.45, 2.75) is 6.42 Å². The van der Waals surface area contributed by atoms with Crippen LogP contribution >= 0.6 is 35.3 Å². The summed E-state index contributed by atoms with van der Waals surface area (Å²) in [6.45, 7) is 0. The molecule has 4 nitrogen and oxygen atoms in total. The molecular weight excluding hydrogens is 396 g/mol. The van der Waals surface area contributed by atoms with Gasteiger partial charge in [-0.1, -0.05) is 60.3 Å². The zero-order chi connectivity index (χ0) is 18.8. The third kappa shape index (κ3) is 3.80. The molecule has 1 saturated heterocycles. The maximum atomic E-state index is 12.6. The zero-order valence-electron chi connectivity index (χ0n) is 14.0. The van der Waals surface area contributed by atoms with Crippen molar-refractivity contribution in [1.29, 1.82) is 0 Å². The van der Waals surface area contributed by atoms with Crippen LogP contribution in [0, 0.1) is 0 Å². The summed E-state index contributed by atoms with van der Waals surface area (Å²) in [6.07, 6.45) is 1.96. The molecule has 27 heavy (non-hydrogen) atoms. The number of thiocarbonyl (C=S) groups is 1. The van der Waals surface area contributed by atoms with Gasteiger partial charge in [-0.2, -0.15) is 5.01 Å². The molecule has 0 saturated carbocycles. The van der Waals surface area contributed by atoms with Crippen molar-refractivity contribution < 1.29 is 9.59 Å². The van der Waals surface area contributed by atoms with E-state index in [2.05, 4.69) is 5.43 Å². The second kappa shape index (κ2) is 7.64. The van der Waals surface area contributed by atoms with Crippen LogP contribution in [0.1, 0.15) is 10.4 Å². The van der Waals surface area contributed by atoms with Gasteiger partial charge in [0.1, 0.15) is 0 Å². The summed E-state index contributed by atoms with van der Waals surface area (Å²) in [5, 5.41) is 5.20. The predicted molar refractivity (Wildman–Crippen MR) is 115 cm³/mol. The van der Waals surface area contributed by atoms with Crippen LogP contribution in [0.2, 0.25) is 0 Å². The van der Waals surface area contributed by atoms with Crippen molar-refractivity contribution in [1.82, 2.24) is 10.4 Å². The van der Waals surface area contributed by atoms with E-state index < -0.39 is 0 Å². The van der Waals surface area contributed by atoms with Gasteiger partial charge in [0.2, 0.25) is 5.91 Å². The van der Waals surface area contributed by atoms with E-state index in [1.54, 1.807) is 6.08 Å². The summed E-state index contributed by atoms with van der Waals surface area (Å²) in [6, 6.07) is 17.6. The van der Waals surface area contributed by atoms with E-state index in [-0.39, 0.29) is 18.2 Å². The highest BCUT2D eigenvalue weighted by Gasteiger charge is 2.33.